The van der Waals surface area contributed by atoms with Crippen LogP contribution in [0.15, 0.2) is 18.2 Å². The van der Waals surface area contributed by atoms with Gasteiger partial charge in [0.25, 0.3) is 5.91 Å². The van der Waals surface area contributed by atoms with Gasteiger partial charge in [-0.1, -0.05) is 0 Å². The second-order valence-corrected chi connectivity index (χ2v) is 3.49. The number of hydrogen-bond donors (Lipinski definition) is 1. The highest BCUT2D eigenvalue weighted by atomic mass is 19.1. The Bertz CT molecular complexity index is 362. The van der Waals surface area contributed by atoms with Gasteiger partial charge in [-0.25, -0.2) is 8.78 Å². The number of carbonyl (C=O) groups is 1. The minimum absolute atomic E-state index is 0.0412. The van der Waals surface area contributed by atoms with E-state index >= 15 is 0 Å². The summed E-state index contributed by atoms with van der Waals surface area (Å²) in [5.41, 5.74) is -0.0412. The van der Waals surface area contributed by atoms with E-state index in [0.717, 1.165) is 18.2 Å². The molecule has 0 aliphatic rings. The van der Waals surface area contributed by atoms with E-state index in [1.165, 1.54) is 7.11 Å². The van der Waals surface area contributed by atoms with E-state index in [-0.39, 0.29) is 11.6 Å². The van der Waals surface area contributed by atoms with Crippen LogP contribution in [0, 0.1) is 11.6 Å². The zero-order chi connectivity index (χ0) is 12.1. The summed E-state index contributed by atoms with van der Waals surface area (Å²) in [5.74, 6) is -2.07. The Morgan fingerprint density at radius 2 is 1.94 bits per heavy atom. The molecule has 1 N–H and O–H groups in total. The fourth-order valence-electron chi connectivity index (χ4n) is 1.28. The van der Waals surface area contributed by atoms with Crippen molar-refractivity contribution in [2.24, 2.45) is 0 Å². The van der Waals surface area contributed by atoms with Crippen molar-refractivity contribution in [2.75, 3.05) is 13.7 Å². The van der Waals surface area contributed by atoms with Crippen LogP contribution in [0.3, 0.4) is 0 Å². The van der Waals surface area contributed by atoms with Crippen molar-refractivity contribution in [1.82, 2.24) is 5.32 Å². The number of nitrogens with one attached hydrogen (secondary N) is 1. The largest absolute Gasteiger partial charge is 0.383 e. The molecular formula is C11H13F2NO2. The molecule has 0 heterocycles. The molecule has 0 saturated heterocycles. The molecule has 1 aromatic carbocycles. The highest BCUT2D eigenvalue weighted by Crippen LogP contribution is 2.08. The van der Waals surface area contributed by atoms with Gasteiger partial charge in [0.1, 0.15) is 11.6 Å². The Kier molecular flexibility index (Phi) is 4.37. The van der Waals surface area contributed by atoms with Crippen molar-refractivity contribution < 1.29 is 18.3 Å². The van der Waals surface area contributed by atoms with Crippen molar-refractivity contribution in [3.05, 3.63) is 35.4 Å². The van der Waals surface area contributed by atoms with Gasteiger partial charge < -0.3 is 10.1 Å². The molecule has 0 radical (unpaired) electrons. The maximum atomic E-state index is 12.8. The van der Waals surface area contributed by atoms with Crippen LogP contribution in [0.4, 0.5) is 8.78 Å². The summed E-state index contributed by atoms with van der Waals surface area (Å²) >= 11 is 0. The van der Waals surface area contributed by atoms with E-state index in [0.29, 0.717) is 6.61 Å². The number of amides is 1. The van der Waals surface area contributed by atoms with Gasteiger partial charge in [-0.2, -0.15) is 0 Å². The predicted octanol–water partition coefficient (Wildman–Crippen LogP) is 1.73. The molecule has 3 nitrogen and oxygen atoms in total. The highest BCUT2D eigenvalue weighted by Gasteiger charge is 2.11. The van der Waals surface area contributed by atoms with E-state index < -0.39 is 17.5 Å². The molecule has 0 unspecified atom stereocenters. The lowest BCUT2D eigenvalue weighted by atomic mass is 10.2. The van der Waals surface area contributed by atoms with Crippen LogP contribution < -0.4 is 5.32 Å². The number of rotatable bonds is 4. The first-order valence-corrected chi connectivity index (χ1v) is 4.79. The predicted molar refractivity (Wildman–Crippen MR) is 55.2 cm³/mol. The van der Waals surface area contributed by atoms with Crippen LogP contribution in [-0.2, 0) is 4.74 Å². The first kappa shape index (κ1) is 12.6. The van der Waals surface area contributed by atoms with Gasteiger partial charge in [0.05, 0.1) is 6.61 Å². The number of halogens is 2. The Balaban J connectivity index is 2.72. The van der Waals surface area contributed by atoms with Crippen molar-refractivity contribution in [1.29, 1.82) is 0 Å². The summed E-state index contributed by atoms with van der Waals surface area (Å²) in [7, 11) is 1.50. The van der Waals surface area contributed by atoms with E-state index in [4.69, 9.17) is 4.74 Å². The molecule has 88 valence electrons. The lowest BCUT2D eigenvalue weighted by Crippen LogP contribution is -2.35. The maximum absolute atomic E-state index is 12.8. The van der Waals surface area contributed by atoms with Crippen LogP contribution in [-0.4, -0.2) is 25.7 Å². The number of ether oxygens (including phenoxy) is 1. The lowest BCUT2D eigenvalue weighted by molar-refractivity contribution is 0.0904. The molecule has 16 heavy (non-hydrogen) atoms. The van der Waals surface area contributed by atoms with Gasteiger partial charge >= 0.3 is 0 Å². The third kappa shape index (κ3) is 3.58. The van der Waals surface area contributed by atoms with Gasteiger partial charge in [0, 0.05) is 24.8 Å². The zero-order valence-corrected chi connectivity index (χ0v) is 9.09. The average molecular weight is 229 g/mol. The third-order valence-electron chi connectivity index (χ3n) is 1.92. The molecule has 0 fully saturated rings. The molecule has 0 aliphatic heterocycles. The fourth-order valence-corrected chi connectivity index (χ4v) is 1.28. The van der Waals surface area contributed by atoms with Crippen molar-refractivity contribution in [3.63, 3.8) is 0 Å². The minimum atomic E-state index is -0.774. The fraction of sp³-hybridized carbons (Fsp3) is 0.364. The molecule has 0 aliphatic carbocycles. The topological polar surface area (TPSA) is 38.3 Å². The van der Waals surface area contributed by atoms with E-state index in [2.05, 4.69) is 5.32 Å². The van der Waals surface area contributed by atoms with Crippen molar-refractivity contribution >= 4 is 5.91 Å². The SMILES string of the molecule is COC[C@H](C)NC(=O)c1cc(F)cc(F)c1. The van der Waals surface area contributed by atoms with Crippen LogP contribution in [0.1, 0.15) is 17.3 Å². The molecule has 0 bridgehead atoms. The standard InChI is InChI=1S/C11H13F2NO2/c1-7(6-16-2)14-11(15)8-3-9(12)5-10(13)4-8/h3-5,7H,6H2,1-2H3,(H,14,15)/t7-/m0/s1. The molecule has 1 aromatic rings. The summed E-state index contributed by atoms with van der Waals surface area (Å²) in [4.78, 5) is 11.5. The van der Waals surface area contributed by atoms with Crippen LogP contribution >= 0.6 is 0 Å². The number of benzene rings is 1. The van der Waals surface area contributed by atoms with Gasteiger partial charge in [0.2, 0.25) is 0 Å². The number of methoxy groups -OCH3 is 1. The summed E-state index contributed by atoms with van der Waals surface area (Å²) in [6.45, 7) is 2.07. The molecule has 1 rings (SSSR count). The van der Waals surface area contributed by atoms with Crippen LogP contribution in [0.5, 0.6) is 0 Å². The van der Waals surface area contributed by atoms with Crippen molar-refractivity contribution in [2.45, 2.75) is 13.0 Å². The second-order valence-electron chi connectivity index (χ2n) is 3.49. The molecule has 0 saturated carbocycles. The second kappa shape index (κ2) is 5.55. The smallest absolute Gasteiger partial charge is 0.251 e. The third-order valence-corrected chi connectivity index (χ3v) is 1.92. The van der Waals surface area contributed by atoms with E-state index in [1.54, 1.807) is 6.92 Å². The summed E-state index contributed by atoms with van der Waals surface area (Å²) in [6.07, 6.45) is 0. The number of carbonyl (C=O) groups excluding carboxylic acids is 1. The Morgan fingerprint density at radius 1 is 1.38 bits per heavy atom. The maximum Gasteiger partial charge on any atom is 0.251 e. The van der Waals surface area contributed by atoms with Crippen LogP contribution in [0.2, 0.25) is 0 Å². The lowest BCUT2D eigenvalue weighted by Gasteiger charge is -2.12. The molecule has 1 atom stereocenters. The summed E-state index contributed by atoms with van der Waals surface area (Å²) in [5, 5.41) is 2.55. The first-order chi connectivity index (χ1) is 7.52. The average Bonchev–Trinajstić information content (AvgIpc) is 2.16. The van der Waals surface area contributed by atoms with Crippen molar-refractivity contribution in [3.8, 4) is 0 Å². The molecule has 1 amide bonds. The zero-order valence-electron chi connectivity index (χ0n) is 9.09. The van der Waals surface area contributed by atoms with Gasteiger partial charge in [-0.15, -0.1) is 0 Å². The normalized spacial score (nSPS) is 12.2. The monoisotopic (exact) mass is 229 g/mol. The van der Waals surface area contributed by atoms with Crippen LogP contribution in [0.25, 0.3) is 0 Å². The molecule has 0 aromatic heterocycles. The minimum Gasteiger partial charge on any atom is -0.383 e. The number of hydrogen-bond acceptors (Lipinski definition) is 2. The van der Waals surface area contributed by atoms with Gasteiger partial charge in [-0.05, 0) is 19.1 Å². The van der Waals surface area contributed by atoms with Gasteiger partial charge in [-0.3, -0.25) is 4.79 Å². The first-order valence-electron chi connectivity index (χ1n) is 4.79. The molecular weight excluding hydrogens is 216 g/mol. The molecule has 0 spiro atoms. The Morgan fingerprint density at radius 3 is 2.44 bits per heavy atom. The summed E-state index contributed by atoms with van der Waals surface area (Å²) in [6, 6.07) is 2.47. The summed E-state index contributed by atoms with van der Waals surface area (Å²) < 4.78 is 30.5. The Labute approximate surface area is 92.4 Å². The van der Waals surface area contributed by atoms with E-state index in [1.807, 2.05) is 0 Å². The molecule has 5 heteroatoms. The quantitative estimate of drug-likeness (QED) is 0.853. The van der Waals surface area contributed by atoms with E-state index in [9.17, 15) is 13.6 Å². The van der Waals surface area contributed by atoms with Gasteiger partial charge in [0.15, 0.2) is 0 Å². The highest BCUT2D eigenvalue weighted by molar-refractivity contribution is 5.94. The Hall–Kier alpha value is -1.49.